The van der Waals surface area contributed by atoms with Crippen LogP contribution < -0.4 is 0 Å². The second kappa shape index (κ2) is 4.35. The maximum atomic E-state index is 8.81. The van der Waals surface area contributed by atoms with Gasteiger partial charge in [0.1, 0.15) is 0 Å². The number of hydrogen-bond donors (Lipinski definition) is 1. The normalized spacial score (nSPS) is 19.6. The zero-order chi connectivity index (χ0) is 8.10. The fourth-order valence-corrected chi connectivity index (χ4v) is 1.18. The molecule has 11 heavy (non-hydrogen) atoms. The third-order valence-electron chi connectivity index (χ3n) is 1.86. The molecule has 0 saturated heterocycles. The third kappa shape index (κ3) is 2.89. The minimum Gasteiger partial charge on any atom is -0.396 e. The van der Waals surface area contributed by atoms with Crippen LogP contribution in [0.4, 0.5) is 0 Å². The van der Waals surface area contributed by atoms with Crippen molar-refractivity contribution >= 4 is 0 Å². The Bertz CT molecular complexity index is 168. The monoisotopic (exact) mass is 151 g/mol. The van der Waals surface area contributed by atoms with Gasteiger partial charge in [-0.1, -0.05) is 30.7 Å². The van der Waals surface area contributed by atoms with Gasteiger partial charge in [-0.3, -0.25) is 0 Å². The van der Waals surface area contributed by atoms with Gasteiger partial charge in [0.25, 0.3) is 0 Å². The predicted octanol–water partition coefficient (Wildman–Crippen LogP) is 2.10. The van der Waals surface area contributed by atoms with Crippen LogP contribution in [0.2, 0.25) is 0 Å². The summed E-state index contributed by atoms with van der Waals surface area (Å²) in [5.41, 5.74) is 1.36. The summed E-state index contributed by atoms with van der Waals surface area (Å²) < 4.78 is 0. The largest absolute Gasteiger partial charge is 0.396 e. The Balaban J connectivity index is 2.35. The SMILES string of the molecule is CC(CO)CC1=CC=CC[CH]1. The molecule has 1 heteroatoms. The number of allylic oxidation sites excluding steroid dienone is 4. The van der Waals surface area contributed by atoms with Crippen LogP contribution in [0.15, 0.2) is 23.8 Å². The summed E-state index contributed by atoms with van der Waals surface area (Å²) in [6.45, 7) is 2.35. The van der Waals surface area contributed by atoms with Crippen molar-refractivity contribution < 1.29 is 5.11 Å². The molecule has 0 aromatic heterocycles. The van der Waals surface area contributed by atoms with Crippen LogP contribution in [0.1, 0.15) is 19.8 Å². The molecule has 61 valence electrons. The Morgan fingerprint density at radius 3 is 3.00 bits per heavy atom. The molecule has 0 amide bonds. The highest BCUT2D eigenvalue weighted by Gasteiger charge is 2.05. The first kappa shape index (κ1) is 8.54. The van der Waals surface area contributed by atoms with E-state index in [4.69, 9.17) is 5.11 Å². The van der Waals surface area contributed by atoms with Crippen molar-refractivity contribution in [2.45, 2.75) is 19.8 Å². The average Bonchev–Trinajstić information content (AvgIpc) is 2.06. The molecule has 1 atom stereocenters. The molecular weight excluding hydrogens is 136 g/mol. The molecule has 0 aromatic rings. The summed E-state index contributed by atoms with van der Waals surface area (Å²) in [5.74, 6) is 0.393. The van der Waals surface area contributed by atoms with Gasteiger partial charge in [-0.2, -0.15) is 0 Å². The highest BCUT2D eigenvalue weighted by atomic mass is 16.3. The zero-order valence-electron chi connectivity index (χ0n) is 6.96. The first-order valence-corrected chi connectivity index (χ1v) is 4.12. The van der Waals surface area contributed by atoms with E-state index in [9.17, 15) is 0 Å². The maximum Gasteiger partial charge on any atom is 0.0459 e. The Morgan fingerprint density at radius 1 is 1.64 bits per heavy atom. The number of aliphatic hydroxyl groups is 1. The Labute approximate surface area is 68.4 Å². The summed E-state index contributed by atoms with van der Waals surface area (Å²) in [6.07, 6.45) is 10.6. The molecule has 1 radical (unpaired) electrons. The molecule has 0 saturated carbocycles. The molecule has 1 N–H and O–H groups in total. The Kier molecular flexibility index (Phi) is 3.37. The van der Waals surface area contributed by atoms with E-state index in [1.165, 1.54) is 5.57 Å². The van der Waals surface area contributed by atoms with E-state index >= 15 is 0 Å². The third-order valence-corrected chi connectivity index (χ3v) is 1.86. The number of hydrogen-bond acceptors (Lipinski definition) is 1. The lowest BCUT2D eigenvalue weighted by atomic mass is 9.95. The van der Waals surface area contributed by atoms with Gasteiger partial charge in [-0.15, -0.1) is 0 Å². The first-order chi connectivity index (χ1) is 5.33. The van der Waals surface area contributed by atoms with Crippen LogP contribution in [-0.4, -0.2) is 11.7 Å². The molecule has 1 nitrogen and oxygen atoms in total. The van der Waals surface area contributed by atoms with Gasteiger partial charge < -0.3 is 5.11 Å². The van der Waals surface area contributed by atoms with Gasteiger partial charge in [0.2, 0.25) is 0 Å². The van der Waals surface area contributed by atoms with Crippen molar-refractivity contribution in [1.29, 1.82) is 0 Å². The van der Waals surface area contributed by atoms with Crippen molar-refractivity contribution in [3.63, 3.8) is 0 Å². The molecule has 0 bridgehead atoms. The van der Waals surface area contributed by atoms with Gasteiger partial charge in [0.05, 0.1) is 0 Å². The van der Waals surface area contributed by atoms with Crippen molar-refractivity contribution in [3.8, 4) is 0 Å². The van der Waals surface area contributed by atoms with E-state index in [-0.39, 0.29) is 6.61 Å². The standard InChI is InChI=1S/C10H15O/c1-9(8-11)7-10-5-3-2-4-6-10/h2-3,5-6,9,11H,4,7-8H2,1H3. The van der Waals surface area contributed by atoms with Crippen LogP contribution in [0, 0.1) is 12.3 Å². The average molecular weight is 151 g/mol. The molecule has 0 aromatic carbocycles. The highest BCUT2D eigenvalue weighted by Crippen LogP contribution is 2.18. The number of aliphatic hydroxyl groups excluding tert-OH is 1. The lowest BCUT2D eigenvalue weighted by Crippen LogP contribution is -2.03. The lowest BCUT2D eigenvalue weighted by Gasteiger charge is -2.12. The molecule has 0 heterocycles. The summed E-state index contributed by atoms with van der Waals surface area (Å²) in [7, 11) is 0. The molecule has 0 aliphatic heterocycles. The summed E-state index contributed by atoms with van der Waals surface area (Å²) in [4.78, 5) is 0. The van der Waals surface area contributed by atoms with Gasteiger partial charge in [-0.25, -0.2) is 0 Å². The van der Waals surface area contributed by atoms with Gasteiger partial charge in [0.15, 0.2) is 0 Å². The van der Waals surface area contributed by atoms with E-state index in [0.29, 0.717) is 5.92 Å². The molecule has 1 aliphatic rings. The van der Waals surface area contributed by atoms with Crippen LogP contribution in [-0.2, 0) is 0 Å². The molecule has 1 unspecified atom stereocenters. The lowest BCUT2D eigenvalue weighted by molar-refractivity contribution is 0.237. The second-order valence-corrected chi connectivity index (χ2v) is 3.10. The number of rotatable bonds is 3. The fraction of sp³-hybridized carbons (Fsp3) is 0.500. The van der Waals surface area contributed by atoms with Crippen molar-refractivity contribution in [2.24, 2.45) is 5.92 Å². The molecule has 1 aliphatic carbocycles. The summed E-state index contributed by atoms with van der Waals surface area (Å²) in [6, 6.07) is 0. The van der Waals surface area contributed by atoms with Crippen molar-refractivity contribution in [1.82, 2.24) is 0 Å². The van der Waals surface area contributed by atoms with E-state index in [1.807, 2.05) is 0 Å². The van der Waals surface area contributed by atoms with E-state index < -0.39 is 0 Å². The van der Waals surface area contributed by atoms with Crippen LogP contribution in [0.25, 0.3) is 0 Å². The topological polar surface area (TPSA) is 20.2 Å². The van der Waals surface area contributed by atoms with Crippen LogP contribution in [0.5, 0.6) is 0 Å². The molecular formula is C10H15O. The van der Waals surface area contributed by atoms with Gasteiger partial charge >= 0.3 is 0 Å². The molecule has 1 rings (SSSR count). The summed E-state index contributed by atoms with van der Waals surface area (Å²) >= 11 is 0. The maximum absolute atomic E-state index is 8.81. The first-order valence-electron chi connectivity index (χ1n) is 4.12. The smallest absolute Gasteiger partial charge is 0.0459 e. The predicted molar refractivity (Wildman–Crippen MR) is 47.0 cm³/mol. The second-order valence-electron chi connectivity index (χ2n) is 3.10. The highest BCUT2D eigenvalue weighted by molar-refractivity contribution is 5.26. The van der Waals surface area contributed by atoms with Gasteiger partial charge in [-0.05, 0) is 25.2 Å². The van der Waals surface area contributed by atoms with Crippen LogP contribution in [0.3, 0.4) is 0 Å². The minimum absolute atomic E-state index is 0.287. The van der Waals surface area contributed by atoms with Crippen molar-refractivity contribution in [2.75, 3.05) is 6.61 Å². The fourth-order valence-electron chi connectivity index (χ4n) is 1.18. The molecule has 0 spiro atoms. The van der Waals surface area contributed by atoms with Gasteiger partial charge in [0, 0.05) is 6.61 Å². The van der Waals surface area contributed by atoms with Crippen LogP contribution >= 0.6 is 0 Å². The van der Waals surface area contributed by atoms with E-state index in [2.05, 4.69) is 31.6 Å². The zero-order valence-corrected chi connectivity index (χ0v) is 6.96. The van der Waals surface area contributed by atoms with E-state index in [0.717, 1.165) is 12.8 Å². The Morgan fingerprint density at radius 2 is 2.45 bits per heavy atom. The van der Waals surface area contributed by atoms with E-state index in [1.54, 1.807) is 0 Å². The summed E-state index contributed by atoms with van der Waals surface area (Å²) in [5, 5.41) is 8.81. The quantitative estimate of drug-likeness (QED) is 0.655. The van der Waals surface area contributed by atoms with Crippen molar-refractivity contribution in [3.05, 3.63) is 30.2 Å². The Hall–Kier alpha value is -0.560. The molecule has 0 fully saturated rings. The minimum atomic E-state index is 0.287.